The highest BCUT2D eigenvalue weighted by molar-refractivity contribution is 9.10. The van der Waals surface area contributed by atoms with Crippen LogP contribution in [-0.2, 0) is 0 Å². The summed E-state index contributed by atoms with van der Waals surface area (Å²) in [4.78, 5) is 7.08. The molecule has 4 heteroatoms. The third-order valence-electron chi connectivity index (χ3n) is 3.32. The largest absolute Gasteiger partial charge is 0.298 e. The second-order valence-corrected chi connectivity index (χ2v) is 5.19. The van der Waals surface area contributed by atoms with E-state index in [9.17, 15) is 0 Å². The molecule has 3 rings (SSSR count). The third-order valence-corrected chi connectivity index (χ3v) is 3.97. The van der Waals surface area contributed by atoms with Crippen LogP contribution in [0.15, 0.2) is 29.0 Å². The molecule has 1 fully saturated rings. The Bertz CT molecular complexity index is 520. The average Bonchev–Trinajstić information content (AvgIpc) is 2.84. The lowest BCUT2D eigenvalue weighted by atomic mass is 10.2. The van der Waals surface area contributed by atoms with Crippen LogP contribution in [0.2, 0.25) is 0 Å². The van der Waals surface area contributed by atoms with Gasteiger partial charge in [-0.25, -0.2) is 4.98 Å². The van der Waals surface area contributed by atoms with Crippen molar-refractivity contribution in [3.63, 3.8) is 0 Å². The zero-order valence-electron chi connectivity index (χ0n) is 9.23. The Morgan fingerprint density at radius 1 is 1.44 bits per heavy atom. The van der Waals surface area contributed by atoms with E-state index in [4.69, 9.17) is 4.98 Å². The first kappa shape index (κ1) is 10.3. The van der Waals surface area contributed by atoms with E-state index in [1.807, 2.05) is 18.2 Å². The molecule has 1 aliphatic heterocycles. The molecule has 0 amide bonds. The van der Waals surface area contributed by atoms with Crippen molar-refractivity contribution in [1.82, 2.24) is 14.3 Å². The molecule has 0 spiro atoms. The van der Waals surface area contributed by atoms with Crippen LogP contribution < -0.4 is 0 Å². The highest BCUT2D eigenvalue weighted by Gasteiger charge is 2.24. The third kappa shape index (κ3) is 1.57. The number of hydrogen-bond donors (Lipinski definition) is 0. The summed E-state index contributed by atoms with van der Waals surface area (Å²) in [5, 5.41) is 0. The van der Waals surface area contributed by atoms with Gasteiger partial charge in [0.25, 0.3) is 0 Å². The smallest absolute Gasteiger partial charge is 0.137 e. The minimum absolute atomic E-state index is 0.492. The van der Waals surface area contributed by atoms with Gasteiger partial charge in [0.1, 0.15) is 5.65 Å². The molecule has 16 heavy (non-hydrogen) atoms. The minimum Gasteiger partial charge on any atom is -0.298 e. The zero-order chi connectivity index (χ0) is 11.1. The predicted octanol–water partition coefficient (Wildman–Crippen LogP) is 2.86. The molecule has 0 aliphatic carbocycles. The summed E-state index contributed by atoms with van der Waals surface area (Å²) in [5.41, 5.74) is 2.21. The Morgan fingerprint density at radius 3 is 3.00 bits per heavy atom. The Labute approximate surface area is 103 Å². The topological polar surface area (TPSA) is 20.5 Å². The molecule has 3 heterocycles. The summed E-state index contributed by atoms with van der Waals surface area (Å²) < 4.78 is 3.16. The van der Waals surface area contributed by atoms with E-state index >= 15 is 0 Å². The summed E-state index contributed by atoms with van der Waals surface area (Å²) in [5.74, 6) is 0. The van der Waals surface area contributed by atoms with Gasteiger partial charge >= 0.3 is 0 Å². The van der Waals surface area contributed by atoms with Crippen LogP contribution in [0.25, 0.3) is 5.65 Å². The van der Waals surface area contributed by atoms with E-state index in [-0.39, 0.29) is 0 Å². The molecule has 0 N–H and O–H groups in total. The average molecular weight is 280 g/mol. The number of rotatable bonds is 1. The lowest BCUT2D eigenvalue weighted by Gasteiger charge is -2.16. The van der Waals surface area contributed by atoms with E-state index < -0.39 is 0 Å². The Morgan fingerprint density at radius 2 is 2.31 bits per heavy atom. The molecule has 2 aromatic rings. The fourth-order valence-electron chi connectivity index (χ4n) is 2.44. The van der Waals surface area contributed by atoms with Gasteiger partial charge in [0.15, 0.2) is 0 Å². The van der Waals surface area contributed by atoms with Gasteiger partial charge < -0.3 is 0 Å². The SMILES string of the molecule is CN1CCCC1c1cn2c(Br)cccc2n1. The maximum atomic E-state index is 4.70. The Kier molecular flexibility index (Phi) is 2.48. The summed E-state index contributed by atoms with van der Waals surface area (Å²) >= 11 is 3.54. The summed E-state index contributed by atoms with van der Waals surface area (Å²) in [6.07, 6.45) is 4.64. The van der Waals surface area contributed by atoms with Gasteiger partial charge in [0, 0.05) is 6.20 Å². The fourth-order valence-corrected chi connectivity index (χ4v) is 2.88. The van der Waals surface area contributed by atoms with Gasteiger partial charge in [-0.15, -0.1) is 0 Å². The molecular formula is C12H14BrN3. The normalized spacial score (nSPS) is 22.0. The van der Waals surface area contributed by atoms with Crippen molar-refractivity contribution in [2.45, 2.75) is 18.9 Å². The number of fused-ring (bicyclic) bond motifs is 1. The van der Waals surface area contributed by atoms with E-state index in [0.29, 0.717) is 6.04 Å². The molecule has 2 aromatic heterocycles. The number of hydrogen-bond acceptors (Lipinski definition) is 2. The quantitative estimate of drug-likeness (QED) is 0.749. The van der Waals surface area contributed by atoms with Crippen LogP contribution in [0.5, 0.6) is 0 Å². The standard InChI is InChI=1S/C12H14BrN3/c1-15-7-3-4-10(15)9-8-16-11(13)5-2-6-12(16)14-9/h2,5-6,8,10H,3-4,7H2,1H3. The van der Waals surface area contributed by atoms with E-state index in [2.05, 4.69) is 38.5 Å². The van der Waals surface area contributed by atoms with Crippen molar-refractivity contribution >= 4 is 21.6 Å². The van der Waals surface area contributed by atoms with E-state index in [1.54, 1.807) is 0 Å². The van der Waals surface area contributed by atoms with E-state index in [1.165, 1.54) is 25.1 Å². The van der Waals surface area contributed by atoms with Crippen molar-refractivity contribution in [3.8, 4) is 0 Å². The lowest BCUT2D eigenvalue weighted by Crippen LogP contribution is -2.17. The Balaban J connectivity index is 2.08. The van der Waals surface area contributed by atoms with Gasteiger partial charge in [-0.3, -0.25) is 9.30 Å². The number of halogens is 1. The van der Waals surface area contributed by atoms with Gasteiger partial charge in [0.05, 0.1) is 16.3 Å². The molecule has 3 nitrogen and oxygen atoms in total. The Hall–Kier alpha value is -0.870. The van der Waals surface area contributed by atoms with Crippen LogP contribution in [0.4, 0.5) is 0 Å². The molecule has 1 aliphatic rings. The summed E-state index contributed by atoms with van der Waals surface area (Å²) in [7, 11) is 2.18. The maximum absolute atomic E-state index is 4.70. The van der Waals surface area contributed by atoms with Crippen molar-refractivity contribution in [2.75, 3.05) is 13.6 Å². The molecule has 1 atom stereocenters. The summed E-state index contributed by atoms with van der Waals surface area (Å²) in [6, 6.07) is 6.60. The van der Waals surface area contributed by atoms with Crippen LogP contribution >= 0.6 is 15.9 Å². The van der Waals surface area contributed by atoms with Gasteiger partial charge in [-0.1, -0.05) is 6.07 Å². The van der Waals surface area contributed by atoms with Gasteiger partial charge in [0.2, 0.25) is 0 Å². The maximum Gasteiger partial charge on any atom is 0.137 e. The second kappa shape index (κ2) is 3.86. The van der Waals surface area contributed by atoms with Crippen molar-refractivity contribution in [3.05, 3.63) is 34.7 Å². The molecule has 0 radical (unpaired) electrons. The zero-order valence-corrected chi connectivity index (χ0v) is 10.8. The fraction of sp³-hybridized carbons (Fsp3) is 0.417. The number of likely N-dealkylation sites (tertiary alicyclic amines) is 1. The molecule has 84 valence electrons. The minimum atomic E-state index is 0.492. The summed E-state index contributed by atoms with van der Waals surface area (Å²) in [6.45, 7) is 1.18. The predicted molar refractivity (Wildman–Crippen MR) is 67.5 cm³/mol. The molecular weight excluding hydrogens is 266 g/mol. The first-order valence-corrected chi connectivity index (χ1v) is 6.39. The first-order chi connectivity index (χ1) is 7.75. The lowest BCUT2D eigenvalue weighted by molar-refractivity contribution is 0.313. The van der Waals surface area contributed by atoms with Crippen molar-refractivity contribution in [2.24, 2.45) is 0 Å². The van der Waals surface area contributed by atoms with Crippen molar-refractivity contribution in [1.29, 1.82) is 0 Å². The van der Waals surface area contributed by atoms with Crippen molar-refractivity contribution < 1.29 is 0 Å². The molecule has 0 aromatic carbocycles. The molecule has 0 saturated carbocycles. The van der Waals surface area contributed by atoms with Crippen LogP contribution in [-0.4, -0.2) is 27.9 Å². The second-order valence-electron chi connectivity index (χ2n) is 4.38. The highest BCUT2D eigenvalue weighted by atomic mass is 79.9. The first-order valence-electron chi connectivity index (χ1n) is 5.59. The number of aromatic nitrogens is 2. The number of pyridine rings is 1. The molecule has 1 unspecified atom stereocenters. The molecule has 1 saturated heterocycles. The number of nitrogens with zero attached hydrogens (tertiary/aromatic N) is 3. The number of imidazole rings is 1. The van der Waals surface area contributed by atoms with Gasteiger partial charge in [-0.2, -0.15) is 0 Å². The molecule has 0 bridgehead atoms. The van der Waals surface area contributed by atoms with Gasteiger partial charge in [-0.05, 0) is 54.5 Å². The van der Waals surface area contributed by atoms with Crippen LogP contribution in [0, 0.1) is 0 Å². The van der Waals surface area contributed by atoms with Crippen LogP contribution in [0.1, 0.15) is 24.6 Å². The van der Waals surface area contributed by atoms with Crippen LogP contribution in [0.3, 0.4) is 0 Å². The monoisotopic (exact) mass is 279 g/mol. The highest BCUT2D eigenvalue weighted by Crippen LogP contribution is 2.30. The van der Waals surface area contributed by atoms with E-state index in [0.717, 1.165) is 10.3 Å².